The van der Waals surface area contributed by atoms with Crippen LogP contribution in [0.5, 0.6) is 0 Å². The normalized spacial score (nSPS) is 24.6. The molecule has 0 amide bonds. The molecule has 1 aliphatic rings. The molecule has 0 bridgehead atoms. The van der Waals surface area contributed by atoms with Crippen molar-refractivity contribution in [3.05, 3.63) is 23.0 Å². The van der Waals surface area contributed by atoms with Gasteiger partial charge < -0.3 is 5.32 Å². The van der Waals surface area contributed by atoms with Gasteiger partial charge in [-0.15, -0.1) is 0 Å². The van der Waals surface area contributed by atoms with Crippen molar-refractivity contribution in [2.75, 3.05) is 5.32 Å². The molecular formula is C14H21ClN2. The summed E-state index contributed by atoms with van der Waals surface area (Å²) in [6, 6.07) is 2.70. The second kappa shape index (κ2) is 5.72. The number of halogens is 1. The van der Waals surface area contributed by atoms with Gasteiger partial charge in [-0.2, -0.15) is 0 Å². The van der Waals surface area contributed by atoms with Gasteiger partial charge in [-0.3, -0.25) is 0 Å². The van der Waals surface area contributed by atoms with Crippen LogP contribution in [0.15, 0.2) is 12.3 Å². The first kappa shape index (κ1) is 12.7. The zero-order valence-corrected chi connectivity index (χ0v) is 11.4. The smallest absolute Gasteiger partial charge is 0.132 e. The lowest BCUT2D eigenvalue weighted by Gasteiger charge is -2.32. The molecule has 0 aliphatic heterocycles. The summed E-state index contributed by atoms with van der Waals surface area (Å²) in [6.45, 7) is 4.29. The van der Waals surface area contributed by atoms with Crippen LogP contribution in [-0.2, 0) is 0 Å². The van der Waals surface area contributed by atoms with E-state index in [-0.39, 0.29) is 0 Å². The number of hydrogen-bond donors (Lipinski definition) is 1. The summed E-state index contributed by atoms with van der Waals surface area (Å²) < 4.78 is 0. The summed E-state index contributed by atoms with van der Waals surface area (Å²) >= 11 is 5.94. The molecule has 1 heterocycles. The van der Waals surface area contributed by atoms with Crippen LogP contribution in [0, 0.1) is 12.8 Å². The van der Waals surface area contributed by atoms with Crippen LogP contribution in [0.25, 0.3) is 0 Å². The molecule has 2 nitrogen and oxygen atoms in total. The maximum absolute atomic E-state index is 5.94. The Balaban J connectivity index is 2.05. The molecule has 1 saturated carbocycles. The van der Waals surface area contributed by atoms with Gasteiger partial charge >= 0.3 is 0 Å². The standard InChI is InChI=1S/C14H21ClN2/c1-3-11-6-4-5-7-13(11)17-12-8-10(2)14(15)16-9-12/h8-9,11,13,17H,3-7H2,1-2H3. The SMILES string of the molecule is CCC1CCCCC1Nc1cnc(Cl)c(C)c1. The van der Waals surface area contributed by atoms with Gasteiger partial charge in [0.1, 0.15) is 5.15 Å². The van der Waals surface area contributed by atoms with Gasteiger partial charge in [0.05, 0.1) is 11.9 Å². The van der Waals surface area contributed by atoms with Crippen molar-refractivity contribution < 1.29 is 0 Å². The van der Waals surface area contributed by atoms with Gasteiger partial charge in [-0.1, -0.05) is 37.8 Å². The molecule has 1 aromatic heterocycles. The topological polar surface area (TPSA) is 24.9 Å². The van der Waals surface area contributed by atoms with Crippen LogP contribution in [0.1, 0.15) is 44.6 Å². The summed E-state index contributed by atoms with van der Waals surface area (Å²) in [7, 11) is 0. The molecule has 1 N–H and O–H groups in total. The Labute approximate surface area is 109 Å². The third kappa shape index (κ3) is 3.12. The van der Waals surface area contributed by atoms with Gasteiger partial charge in [-0.25, -0.2) is 4.98 Å². The fraction of sp³-hybridized carbons (Fsp3) is 0.643. The number of aryl methyl sites for hydroxylation is 1. The first-order chi connectivity index (χ1) is 8.20. The number of hydrogen-bond acceptors (Lipinski definition) is 2. The molecule has 94 valence electrons. The van der Waals surface area contributed by atoms with Gasteiger partial charge in [0.15, 0.2) is 0 Å². The molecule has 0 spiro atoms. The summed E-state index contributed by atoms with van der Waals surface area (Å²) in [5.74, 6) is 0.805. The fourth-order valence-electron chi connectivity index (χ4n) is 2.74. The number of aromatic nitrogens is 1. The molecule has 0 aromatic carbocycles. The molecular weight excluding hydrogens is 232 g/mol. The minimum atomic E-state index is 0.603. The quantitative estimate of drug-likeness (QED) is 0.806. The maximum atomic E-state index is 5.94. The first-order valence-electron chi connectivity index (χ1n) is 6.59. The first-order valence-corrected chi connectivity index (χ1v) is 6.97. The number of nitrogens with zero attached hydrogens (tertiary/aromatic N) is 1. The minimum absolute atomic E-state index is 0.603. The van der Waals surface area contributed by atoms with E-state index in [0.717, 1.165) is 17.2 Å². The minimum Gasteiger partial charge on any atom is -0.381 e. The van der Waals surface area contributed by atoms with E-state index >= 15 is 0 Å². The highest BCUT2D eigenvalue weighted by Crippen LogP contribution is 2.29. The number of rotatable bonds is 3. The highest BCUT2D eigenvalue weighted by Gasteiger charge is 2.23. The van der Waals surface area contributed by atoms with Crippen molar-refractivity contribution in [1.82, 2.24) is 4.98 Å². The Morgan fingerprint density at radius 1 is 1.41 bits per heavy atom. The van der Waals surface area contributed by atoms with Gasteiger partial charge in [0, 0.05) is 6.04 Å². The van der Waals surface area contributed by atoms with E-state index in [1.165, 1.54) is 32.1 Å². The van der Waals surface area contributed by atoms with Crippen LogP contribution < -0.4 is 5.32 Å². The Bertz CT molecular complexity index is 378. The van der Waals surface area contributed by atoms with E-state index in [9.17, 15) is 0 Å². The number of nitrogens with one attached hydrogen (secondary N) is 1. The second-order valence-corrected chi connectivity index (χ2v) is 5.39. The van der Waals surface area contributed by atoms with E-state index < -0.39 is 0 Å². The average Bonchev–Trinajstić information content (AvgIpc) is 2.34. The summed E-state index contributed by atoms with van der Waals surface area (Å²) in [4.78, 5) is 4.20. The van der Waals surface area contributed by atoms with Crippen molar-refractivity contribution >= 4 is 17.3 Å². The van der Waals surface area contributed by atoms with Crippen molar-refractivity contribution in [3.63, 3.8) is 0 Å². The van der Waals surface area contributed by atoms with Crippen molar-refractivity contribution in [2.24, 2.45) is 5.92 Å². The summed E-state index contributed by atoms with van der Waals surface area (Å²) in [5.41, 5.74) is 2.15. The van der Waals surface area contributed by atoms with E-state index in [2.05, 4.69) is 23.3 Å². The van der Waals surface area contributed by atoms with E-state index in [0.29, 0.717) is 11.2 Å². The number of pyridine rings is 1. The van der Waals surface area contributed by atoms with Crippen LogP contribution >= 0.6 is 11.6 Å². The lowest BCUT2D eigenvalue weighted by Crippen LogP contribution is -2.31. The zero-order valence-electron chi connectivity index (χ0n) is 10.7. The Morgan fingerprint density at radius 3 is 2.88 bits per heavy atom. The highest BCUT2D eigenvalue weighted by atomic mass is 35.5. The predicted octanol–water partition coefficient (Wildman–Crippen LogP) is 4.42. The molecule has 3 heteroatoms. The molecule has 1 aromatic rings. The number of anilines is 1. The second-order valence-electron chi connectivity index (χ2n) is 5.04. The molecule has 1 aliphatic carbocycles. The van der Waals surface area contributed by atoms with Gasteiger partial charge in [-0.05, 0) is 37.3 Å². The highest BCUT2D eigenvalue weighted by molar-refractivity contribution is 6.30. The van der Waals surface area contributed by atoms with E-state index in [1.807, 2.05) is 13.1 Å². The molecule has 2 rings (SSSR count). The van der Waals surface area contributed by atoms with E-state index in [1.54, 1.807) is 0 Å². The van der Waals surface area contributed by atoms with Crippen LogP contribution in [0.3, 0.4) is 0 Å². The van der Waals surface area contributed by atoms with Crippen LogP contribution in [0.4, 0.5) is 5.69 Å². The lowest BCUT2D eigenvalue weighted by atomic mass is 9.83. The van der Waals surface area contributed by atoms with E-state index in [4.69, 9.17) is 11.6 Å². The molecule has 0 saturated heterocycles. The third-order valence-corrected chi connectivity index (χ3v) is 4.20. The Hall–Kier alpha value is -0.760. The largest absolute Gasteiger partial charge is 0.381 e. The van der Waals surface area contributed by atoms with Crippen molar-refractivity contribution in [3.8, 4) is 0 Å². The predicted molar refractivity (Wildman–Crippen MR) is 73.6 cm³/mol. The van der Waals surface area contributed by atoms with Crippen LogP contribution in [-0.4, -0.2) is 11.0 Å². The molecule has 0 radical (unpaired) electrons. The third-order valence-electron chi connectivity index (χ3n) is 3.80. The fourth-order valence-corrected chi connectivity index (χ4v) is 2.84. The Morgan fingerprint density at radius 2 is 2.18 bits per heavy atom. The zero-order chi connectivity index (χ0) is 12.3. The summed E-state index contributed by atoms with van der Waals surface area (Å²) in [6.07, 6.45) is 8.46. The molecule has 2 atom stereocenters. The van der Waals surface area contributed by atoms with Crippen molar-refractivity contribution in [1.29, 1.82) is 0 Å². The maximum Gasteiger partial charge on any atom is 0.132 e. The summed E-state index contributed by atoms with van der Waals surface area (Å²) in [5, 5.41) is 4.23. The average molecular weight is 253 g/mol. The van der Waals surface area contributed by atoms with Gasteiger partial charge in [0.25, 0.3) is 0 Å². The Kier molecular flexibility index (Phi) is 4.27. The monoisotopic (exact) mass is 252 g/mol. The lowest BCUT2D eigenvalue weighted by molar-refractivity contribution is 0.317. The molecule has 2 unspecified atom stereocenters. The molecule has 1 fully saturated rings. The van der Waals surface area contributed by atoms with Gasteiger partial charge in [0.2, 0.25) is 0 Å². The van der Waals surface area contributed by atoms with Crippen molar-refractivity contribution in [2.45, 2.75) is 52.0 Å². The molecule has 17 heavy (non-hydrogen) atoms. The van der Waals surface area contributed by atoms with Crippen LogP contribution in [0.2, 0.25) is 5.15 Å².